The molecule has 2 aliphatic rings. The lowest BCUT2D eigenvalue weighted by atomic mass is 10.1. The van der Waals surface area contributed by atoms with E-state index in [9.17, 15) is 9.59 Å². The van der Waals surface area contributed by atoms with Crippen LogP contribution in [0.3, 0.4) is 0 Å². The van der Waals surface area contributed by atoms with Gasteiger partial charge < -0.3 is 20.3 Å². The van der Waals surface area contributed by atoms with Crippen molar-refractivity contribution in [2.75, 3.05) is 22.9 Å². The molecule has 1 aromatic heterocycles. The summed E-state index contributed by atoms with van der Waals surface area (Å²) < 4.78 is 6.07. The van der Waals surface area contributed by atoms with Gasteiger partial charge in [0.15, 0.2) is 0 Å². The van der Waals surface area contributed by atoms with Gasteiger partial charge in [-0.1, -0.05) is 35.3 Å². The Morgan fingerprint density at radius 2 is 1.80 bits per heavy atom. The van der Waals surface area contributed by atoms with Crippen LogP contribution in [0.5, 0.6) is 11.5 Å². The van der Waals surface area contributed by atoms with Crippen LogP contribution in [0.1, 0.15) is 35.2 Å². The highest BCUT2D eigenvalue weighted by atomic mass is 35.5. The van der Waals surface area contributed by atoms with Gasteiger partial charge in [-0.25, -0.2) is 0 Å². The van der Waals surface area contributed by atoms with E-state index in [1.54, 1.807) is 29.3 Å². The number of hydrogen-bond acceptors (Lipinski definition) is 5. The third-order valence-electron chi connectivity index (χ3n) is 6.25. The average molecular weight is 511 g/mol. The number of para-hydroxylation sites is 2. The number of halogens is 2. The Morgan fingerprint density at radius 1 is 1.03 bits per heavy atom. The van der Waals surface area contributed by atoms with Gasteiger partial charge in [-0.05, 0) is 49.1 Å². The maximum atomic E-state index is 13.7. The minimum Gasteiger partial charge on any atom is -0.455 e. The molecular weight excluding hydrogens is 487 g/mol. The topological polar surface area (TPSA) is 88.8 Å². The van der Waals surface area contributed by atoms with E-state index in [1.807, 2.05) is 18.2 Å². The molecule has 1 aliphatic heterocycles. The molecule has 35 heavy (non-hydrogen) atoms. The molecule has 7 nitrogen and oxygen atoms in total. The van der Waals surface area contributed by atoms with Crippen molar-refractivity contribution >= 4 is 46.4 Å². The Kier molecular flexibility index (Phi) is 6.54. The number of pyridine rings is 1. The summed E-state index contributed by atoms with van der Waals surface area (Å²) >= 11 is 12.8. The summed E-state index contributed by atoms with van der Waals surface area (Å²) in [5, 5.41) is 0.713. The van der Waals surface area contributed by atoms with E-state index in [0.29, 0.717) is 51.7 Å². The second-order valence-corrected chi connectivity index (χ2v) is 9.50. The molecule has 5 rings (SSSR count). The van der Waals surface area contributed by atoms with Crippen LogP contribution in [0.2, 0.25) is 10.0 Å². The van der Waals surface area contributed by atoms with Gasteiger partial charge in [0, 0.05) is 49.0 Å². The van der Waals surface area contributed by atoms with Crippen LogP contribution >= 0.6 is 23.2 Å². The summed E-state index contributed by atoms with van der Waals surface area (Å²) in [6.45, 7) is 1.35. The smallest absolute Gasteiger partial charge is 0.263 e. The molecule has 0 radical (unpaired) electrons. The third-order valence-corrected chi connectivity index (χ3v) is 6.90. The normalized spacial score (nSPS) is 15.0. The molecule has 0 atom stereocenters. The number of anilines is 2. The van der Waals surface area contributed by atoms with E-state index in [1.165, 1.54) is 19.0 Å². The van der Waals surface area contributed by atoms with Crippen molar-refractivity contribution < 1.29 is 14.3 Å². The minimum atomic E-state index is -0.419. The lowest BCUT2D eigenvalue weighted by molar-refractivity contribution is -0.117. The van der Waals surface area contributed by atoms with Gasteiger partial charge in [0.2, 0.25) is 5.91 Å². The number of carbonyl (C=O) groups is 2. The number of hydrogen-bond donors (Lipinski definition) is 1. The standard InChI is InChI=1S/C26H24Cl2N4O3/c27-19-14-24(20(28)13-16(19)5-8-25(29)33)35-23-9-10-30-15-18(23)26(34)32-12-11-31(17-6-7-17)21-3-1-2-4-22(21)32/h1-4,9-10,13-15,17H,5-8,11-12H2,(H2,29,33). The molecule has 3 aromatic rings. The van der Waals surface area contributed by atoms with Crippen molar-refractivity contribution in [1.29, 1.82) is 0 Å². The number of aryl methyl sites for hydroxylation is 1. The van der Waals surface area contributed by atoms with E-state index < -0.39 is 5.91 Å². The number of benzene rings is 2. The second-order valence-electron chi connectivity index (χ2n) is 8.68. The van der Waals surface area contributed by atoms with Gasteiger partial charge in [0.1, 0.15) is 17.1 Å². The van der Waals surface area contributed by atoms with E-state index in [0.717, 1.165) is 17.9 Å². The van der Waals surface area contributed by atoms with Gasteiger partial charge in [-0.2, -0.15) is 0 Å². The molecule has 180 valence electrons. The SMILES string of the molecule is NC(=O)CCc1cc(Cl)c(Oc2ccncc2C(=O)N2CCN(C3CC3)c3ccccc32)cc1Cl. The fourth-order valence-corrected chi connectivity index (χ4v) is 4.83. The van der Waals surface area contributed by atoms with Crippen LogP contribution in [0, 0.1) is 0 Å². The molecule has 0 saturated heterocycles. The molecule has 1 fully saturated rings. The second kappa shape index (κ2) is 9.76. The minimum absolute atomic E-state index is 0.161. The lowest BCUT2D eigenvalue weighted by Crippen LogP contribution is -2.45. The van der Waals surface area contributed by atoms with Gasteiger partial charge in [0.25, 0.3) is 5.91 Å². The van der Waals surface area contributed by atoms with Crippen LogP contribution in [-0.4, -0.2) is 35.9 Å². The summed E-state index contributed by atoms with van der Waals surface area (Å²) in [6.07, 6.45) is 5.97. The van der Waals surface area contributed by atoms with E-state index in [4.69, 9.17) is 33.7 Å². The molecule has 0 spiro atoms. The maximum Gasteiger partial charge on any atom is 0.263 e. The maximum absolute atomic E-state index is 13.7. The number of rotatable bonds is 7. The Labute approximate surface area is 213 Å². The Hall–Kier alpha value is -3.29. The van der Waals surface area contributed by atoms with Crippen molar-refractivity contribution in [2.24, 2.45) is 5.73 Å². The summed E-state index contributed by atoms with van der Waals surface area (Å²) in [5.74, 6) is 0.0157. The first-order valence-corrected chi connectivity index (χ1v) is 12.2. The zero-order valence-electron chi connectivity index (χ0n) is 18.9. The fourth-order valence-electron chi connectivity index (χ4n) is 4.35. The van der Waals surface area contributed by atoms with Crippen LogP contribution in [0.15, 0.2) is 54.9 Å². The van der Waals surface area contributed by atoms with E-state index in [-0.39, 0.29) is 12.3 Å². The zero-order chi connectivity index (χ0) is 24.5. The molecular formula is C26H24Cl2N4O3. The van der Waals surface area contributed by atoms with E-state index >= 15 is 0 Å². The lowest BCUT2D eigenvalue weighted by Gasteiger charge is -2.38. The molecule has 9 heteroatoms. The molecule has 1 saturated carbocycles. The monoisotopic (exact) mass is 510 g/mol. The summed E-state index contributed by atoms with van der Waals surface area (Å²) in [7, 11) is 0. The Bertz CT molecular complexity index is 1300. The van der Waals surface area contributed by atoms with Crippen LogP contribution in [0.4, 0.5) is 11.4 Å². The average Bonchev–Trinajstić information content (AvgIpc) is 3.70. The quantitative estimate of drug-likeness (QED) is 0.470. The predicted molar refractivity (Wildman–Crippen MR) is 137 cm³/mol. The summed E-state index contributed by atoms with van der Waals surface area (Å²) in [4.78, 5) is 33.2. The summed E-state index contributed by atoms with van der Waals surface area (Å²) in [5.41, 5.74) is 8.21. The highest BCUT2D eigenvalue weighted by Crippen LogP contribution is 2.41. The number of amides is 2. The first kappa shape index (κ1) is 23.5. The van der Waals surface area contributed by atoms with Crippen molar-refractivity contribution in [3.8, 4) is 11.5 Å². The van der Waals surface area contributed by atoms with Crippen molar-refractivity contribution in [2.45, 2.75) is 31.7 Å². The van der Waals surface area contributed by atoms with Gasteiger partial charge in [-0.3, -0.25) is 14.6 Å². The number of fused-ring (bicyclic) bond motifs is 1. The molecule has 2 aromatic carbocycles. The number of ether oxygens (including phenoxy) is 1. The highest BCUT2D eigenvalue weighted by molar-refractivity contribution is 6.34. The van der Waals surface area contributed by atoms with Crippen molar-refractivity contribution in [3.05, 3.63) is 76.0 Å². The largest absolute Gasteiger partial charge is 0.455 e. The highest BCUT2D eigenvalue weighted by Gasteiger charge is 2.36. The van der Waals surface area contributed by atoms with Crippen LogP contribution < -0.4 is 20.3 Å². The predicted octanol–water partition coefficient (Wildman–Crippen LogP) is 5.23. The van der Waals surface area contributed by atoms with Crippen molar-refractivity contribution in [3.63, 3.8) is 0 Å². The van der Waals surface area contributed by atoms with Crippen LogP contribution in [-0.2, 0) is 11.2 Å². The Balaban J connectivity index is 1.42. The molecule has 2 heterocycles. The van der Waals surface area contributed by atoms with Gasteiger partial charge in [0.05, 0.1) is 16.4 Å². The first-order valence-electron chi connectivity index (χ1n) is 11.5. The molecule has 2 amide bonds. The van der Waals surface area contributed by atoms with Crippen LogP contribution in [0.25, 0.3) is 0 Å². The molecule has 0 unspecified atom stereocenters. The fraction of sp³-hybridized carbons (Fsp3) is 0.269. The number of nitrogens with two attached hydrogens (primary N) is 1. The van der Waals surface area contributed by atoms with Crippen molar-refractivity contribution in [1.82, 2.24) is 4.98 Å². The number of carbonyl (C=O) groups excluding carboxylic acids is 2. The molecule has 0 bridgehead atoms. The zero-order valence-corrected chi connectivity index (χ0v) is 20.4. The first-order chi connectivity index (χ1) is 16.9. The summed E-state index contributed by atoms with van der Waals surface area (Å²) in [6, 6.07) is 13.4. The molecule has 1 aliphatic carbocycles. The van der Waals surface area contributed by atoms with Gasteiger partial charge in [-0.15, -0.1) is 0 Å². The Morgan fingerprint density at radius 3 is 2.54 bits per heavy atom. The third kappa shape index (κ3) is 4.92. The number of aromatic nitrogens is 1. The number of nitrogens with zero attached hydrogens (tertiary/aromatic N) is 3. The number of primary amides is 1. The molecule has 2 N–H and O–H groups in total. The van der Waals surface area contributed by atoms with Gasteiger partial charge >= 0.3 is 0 Å². The van der Waals surface area contributed by atoms with E-state index in [2.05, 4.69) is 16.0 Å².